The Hall–Kier alpha value is -1.58. The van der Waals surface area contributed by atoms with Crippen molar-refractivity contribution >= 4 is 58.0 Å². The molecule has 2 aromatic rings. The van der Waals surface area contributed by atoms with Gasteiger partial charge in [0.2, 0.25) is 0 Å². The van der Waals surface area contributed by atoms with Gasteiger partial charge >= 0.3 is 0 Å². The van der Waals surface area contributed by atoms with Crippen molar-refractivity contribution in [3.63, 3.8) is 0 Å². The summed E-state index contributed by atoms with van der Waals surface area (Å²) >= 11 is 24.8. The van der Waals surface area contributed by atoms with E-state index >= 15 is 0 Å². The number of hydrogen-bond acceptors (Lipinski definition) is 2. The molecule has 24 heavy (non-hydrogen) atoms. The first-order chi connectivity index (χ1) is 11.3. The number of rotatable bonds is 5. The van der Waals surface area contributed by atoms with E-state index in [1.54, 1.807) is 0 Å². The van der Waals surface area contributed by atoms with Crippen LogP contribution in [0.2, 0.25) is 20.1 Å². The van der Waals surface area contributed by atoms with Crippen molar-refractivity contribution in [2.45, 2.75) is 0 Å². The molecular formula is C18H10Cl4O2. The second kappa shape index (κ2) is 7.54. The predicted molar refractivity (Wildman–Crippen MR) is 101 cm³/mol. The predicted octanol–water partition coefficient (Wildman–Crippen LogP) is 6.70. The quantitative estimate of drug-likeness (QED) is 0.413. The van der Waals surface area contributed by atoms with E-state index in [1.165, 1.54) is 24.3 Å². The highest BCUT2D eigenvalue weighted by atomic mass is 35.5. The van der Waals surface area contributed by atoms with E-state index in [2.05, 4.69) is 13.2 Å². The fourth-order valence-corrected chi connectivity index (χ4v) is 3.15. The zero-order chi connectivity index (χ0) is 18.0. The van der Waals surface area contributed by atoms with Crippen molar-refractivity contribution in [3.8, 4) is 11.1 Å². The first-order valence-electron chi connectivity index (χ1n) is 6.62. The molecule has 0 saturated heterocycles. The Morgan fingerprint density at radius 2 is 1.00 bits per heavy atom. The van der Waals surface area contributed by atoms with Crippen LogP contribution < -0.4 is 0 Å². The summed E-state index contributed by atoms with van der Waals surface area (Å²) < 4.78 is 0. The van der Waals surface area contributed by atoms with Gasteiger partial charge in [-0.2, -0.15) is 0 Å². The lowest BCUT2D eigenvalue weighted by Crippen LogP contribution is -1.98. The van der Waals surface area contributed by atoms with Gasteiger partial charge in [0, 0.05) is 32.3 Å². The summed E-state index contributed by atoms with van der Waals surface area (Å²) in [5.41, 5.74) is 1.46. The summed E-state index contributed by atoms with van der Waals surface area (Å²) in [6.07, 6.45) is 2.30. The lowest BCUT2D eigenvalue weighted by Gasteiger charge is -2.12. The van der Waals surface area contributed by atoms with Crippen LogP contribution in [0.25, 0.3) is 11.1 Å². The van der Waals surface area contributed by atoms with Crippen LogP contribution in [0.1, 0.15) is 20.7 Å². The molecule has 0 atom stereocenters. The van der Waals surface area contributed by atoms with Crippen molar-refractivity contribution in [2.75, 3.05) is 0 Å². The number of carbonyl (C=O) groups excluding carboxylic acids is 2. The number of allylic oxidation sites excluding steroid dienone is 2. The Morgan fingerprint density at radius 1 is 0.667 bits per heavy atom. The van der Waals surface area contributed by atoms with Crippen LogP contribution in [0.4, 0.5) is 0 Å². The van der Waals surface area contributed by atoms with Crippen LogP contribution in [0.5, 0.6) is 0 Å². The normalized spacial score (nSPS) is 10.3. The standard InChI is InChI=1S/C18H10Cl4O2/c1-3-17(23)11-7-13(19)9(5-15(11)21)10-6-16(22)12(8-14(10)20)18(24)4-2/h3-8H,1-2H2. The number of ketones is 2. The molecule has 0 aliphatic carbocycles. The van der Waals surface area contributed by atoms with E-state index in [0.717, 1.165) is 12.2 Å². The summed E-state index contributed by atoms with van der Waals surface area (Å²) in [6.45, 7) is 6.84. The maximum absolute atomic E-state index is 11.8. The van der Waals surface area contributed by atoms with Crippen LogP contribution in [-0.4, -0.2) is 11.6 Å². The third kappa shape index (κ3) is 3.57. The third-order valence-corrected chi connectivity index (χ3v) is 4.56. The van der Waals surface area contributed by atoms with Gasteiger partial charge in [-0.05, 0) is 36.4 Å². The molecule has 2 rings (SSSR count). The highest BCUT2D eigenvalue weighted by molar-refractivity contribution is 6.41. The van der Waals surface area contributed by atoms with Gasteiger partial charge in [-0.25, -0.2) is 0 Å². The van der Waals surface area contributed by atoms with Crippen LogP contribution in [-0.2, 0) is 0 Å². The lowest BCUT2D eigenvalue weighted by atomic mass is 9.99. The van der Waals surface area contributed by atoms with Gasteiger partial charge in [-0.3, -0.25) is 9.59 Å². The minimum Gasteiger partial charge on any atom is -0.289 e. The number of halogens is 4. The minimum atomic E-state index is -0.343. The van der Waals surface area contributed by atoms with Gasteiger partial charge in [-0.15, -0.1) is 0 Å². The fraction of sp³-hybridized carbons (Fsp3) is 0. The molecule has 0 fully saturated rings. The van der Waals surface area contributed by atoms with Crippen molar-refractivity contribution in [2.24, 2.45) is 0 Å². The van der Waals surface area contributed by atoms with Gasteiger partial charge in [0.25, 0.3) is 0 Å². The molecule has 122 valence electrons. The minimum absolute atomic E-state index is 0.206. The molecule has 0 bridgehead atoms. The third-order valence-electron chi connectivity index (χ3n) is 3.31. The van der Waals surface area contributed by atoms with Crippen LogP contribution in [0, 0.1) is 0 Å². The van der Waals surface area contributed by atoms with Crippen LogP contribution in [0.3, 0.4) is 0 Å². The number of hydrogen-bond donors (Lipinski definition) is 0. The van der Waals surface area contributed by atoms with Gasteiger partial charge in [0.1, 0.15) is 0 Å². The van der Waals surface area contributed by atoms with E-state index in [0.29, 0.717) is 11.1 Å². The van der Waals surface area contributed by atoms with E-state index in [4.69, 9.17) is 46.4 Å². The van der Waals surface area contributed by atoms with Gasteiger partial charge in [0.15, 0.2) is 11.6 Å². The molecule has 0 aliphatic heterocycles. The van der Waals surface area contributed by atoms with E-state index < -0.39 is 0 Å². The average molecular weight is 400 g/mol. The van der Waals surface area contributed by atoms with Gasteiger partial charge in [-0.1, -0.05) is 59.6 Å². The Balaban J connectivity index is 2.65. The van der Waals surface area contributed by atoms with Crippen LogP contribution in [0.15, 0.2) is 49.6 Å². The van der Waals surface area contributed by atoms with Crippen molar-refractivity contribution in [3.05, 3.63) is 80.8 Å². The monoisotopic (exact) mass is 398 g/mol. The Morgan fingerprint density at radius 3 is 1.29 bits per heavy atom. The second-order valence-electron chi connectivity index (χ2n) is 4.76. The summed E-state index contributed by atoms with van der Waals surface area (Å²) in [6, 6.07) is 5.92. The molecule has 0 unspecified atom stereocenters. The highest BCUT2D eigenvalue weighted by Crippen LogP contribution is 2.39. The first-order valence-corrected chi connectivity index (χ1v) is 8.13. The van der Waals surface area contributed by atoms with E-state index in [9.17, 15) is 9.59 Å². The Kier molecular flexibility index (Phi) is 5.89. The summed E-state index contributed by atoms with van der Waals surface area (Å²) in [4.78, 5) is 23.5. The van der Waals surface area contributed by atoms with Gasteiger partial charge in [0.05, 0.1) is 10.0 Å². The molecule has 0 aliphatic rings. The van der Waals surface area contributed by atoms with Crippen molar-refractivity contribution in [1.29, 1.82) is 0 Å². The maximum Gasteiger partial charge on any atom is 0.186 e. The van der Waals surface area contributed by atoms with Crippen molar-refractivity contribution in [1.82, 2.24) is 0 Å². The molecule has 0 heterocycles. The zero-order valence-corrected chi connectivity index (χ0v) is 15.2. The molecule has 0 N–H and O–H groups in total. The molecule has 0 amide bonds. The molecule has 2 aromatic carbocycles. The average Bonchev–Trinajstić information content (AvgIpc) is 2.56. The molecule has 6 heteroatoms. The molecule has 0 saturated carbocycles. The maximum atomic E-state index is 11.8. The summed E-state index contributed by atoms with van der Waals surface area (Å²) in [7, 11) is 0. The van der Waals surface area contributed by atoms with Gasteiger partial charge < -0.3 is 0 Å². The van der Waals surface area contributed by atoms with Crippen molar-refractivity contribution < 1.29 is 9.59 Å². The largest absolute Gasteiger partial charge is 0.289 e. The lowest BCUT2D eigenvalue weighted by molar-refractivity contribution is 0.103. The number of benzene rings is 2. The molecule has 2 nitrogen and oxygen atoms in total. The molecule has 0 aromatic heterocycles. The Labute approximate surface area is 159 Å². The second-order valence-corrected chi connectivity index (χ2v) is 6.39. The van der Waals surface area contributed by atoms with Crippen LogP contribution >= 0.6 is 46.4 Å². The highest BCUT2D eigenvalue weighted by Gasteiger charge is 2.17. The summed E-state index contributed by atoms with van der Waals surface area (Å²) in [5, 5.41) is 0.950. The molecule has 0 spiro atoms. The van der Waals surface area contributed by atoms with E-state index in [-0.39, 0.29) is 42.8 Å². The first kappa shape index (κ1) is 18.8. The zero-order valence-electron chi connectivity index (χ0n) is 12.2. The molecule has 0 radical (unpaired) electrons. The van der Waals surface area contributed by atoms with E-state index in [1.807, 2.05) is 0 Å². The molecular weight excluding hydrogens is 390 g/mol. The summed E-state index contributed by atoms with van der Waals surface area (Å²) in [5.74, 6) is -0.686. The Bertz CT molecular complexity index is 812. The number of carbonyl (C=O) groups is 2. The fourth-order valence-electron chi connectivity index (χ4n) is 2.10. The topological polar surface area (TPSA) is 34.1 Å². The smallest absolute Gasteiger partial charge is 0.186 e. The SMILES string of the molecule is C=CC(=O)c1cc(Cl)c(-c2cc(Cl)c(C(=O)C=C)cc2Cl)cc1Cl.